The highest BCUT2D eigenvalue weighted by Gasteiger charge is 2.16. The number of rotatable bonds is 12. The first-order valence-corrected chi connectivity index (χ1v) is 11.7. The summed E-state index contributed by atoms with van der Waals surface area (Å²) in [4.78, 5) is 4.73. The fraction of sp³-hybridized carbons (Fsp3) is 1.00. The normalized spacial score (nSPS) is 18.1. The molecule has 1 heterocycles. The first-order chi connectivity index (χ1) is 11.2. The van der Waals surface area contributed by atoms with E-state index in [0.717, 1.165) is 65.0 Å². The third kappa shape index (κ3) is 12.2. The quantitative estimate of drug-likeness (QED) is 0.372. The van der Waals surface area contributed by atoms with Gasteiger partial charge in [-0.3, -0.25) is 9.11 Å². The van der Waals surface area contributed by atoms with Crippen LogP contribution in [0, 0.1) is 0 Å². The van der Waals surface area contributed by atoms with E-state index in [1.807, 2.05) is 0 Å². The molecule has 0 aromatic carbocycles. The monoisotopic (exact) mass is 386 g/mol. The first-order valence-electron chi connectivity index (χ1n) is 8.51. The van der Waals surface area contributed by atoms with Gasteiger partial charge in [-0.1, -0.05) is 12.8 Å². The first kappa shape index (κ1) is 21.8. The molecule has 0 aliphatic carbocycles. The van der Waals surface area contributed by atoms with E-state index >= 15 is 0 Å². The molecule has 1 fully saturated rings. The van der Waals surface area contributed by atoms with E-state index in [9.17, 15) is 16.8 Å². The molecule has 0 spiro atoms. The van der Waals surface area contributed by atoms with Crippen LogP contribution in [0.15, 0.2) is 0 Å². The van der Waals surface area contributed by atoms with Crippen molar-refractivity contribution < 1.29 is 25.9 Å². The highest BCUT2D eigenvalue weighted by Crippen LogP contribution is 2.07. The number of piperazine rings is 1. The standard InChI is InChI=1S/C14H30N2O6S2/c17-23(18,19)13-5-1-3-7-15-9-11-16(12-10-15)8-4-2-6-14-24(20,21)22/h1-14H2,(H,17,18,19)(H,20,21,22). The maximum absolute atomic E-state index is 10.6. The van der Waals surface area contributed by atoms with Crippen LogP contribution in [0.3, 0.4) is 0 Å². The lowest BCUT2D eigenvalue weighted by atomic mass is 10.2. The Morgan fingerprint density at radius 1 is 0.583 bits per heavy atom. The van der Waals surface area contributed by atoms with E-state index in [1.54, 1.807) is 0 Å². The predicted octanol–water partition coefficient (Wildman–Crippen LogP) is 0.720. The van der Waals surface area contributed by atoms with Crippen molar-refractivity contribution in [3.05, 3.63) is 0 Å². The molecule has 0 unspecified atom stereocenters. The molecule has 1 saturated heterocycles. The third-order valence-electron chi connectivity index (χ3n) is 4.22. The van der Waals surface area contributed by atoms with Crippen molar-refractivity contribution in [2.24, 2.45) is 0 Å². The van der Waals surface area contributed by atoms with Crippen molar-refractivity contribution in [2.75, 3.05) is 50.8 Å². The van der Waals surface area contributed by atoms with Crippen LogP contribution in [0.4, 0.5) is 0 Å². The minimum Gasteiger partial charge on any atom is -0.301 e. The van der Waals surface area contributed by atoms with Crippen molar-refractivity contribution in [1.29, 1.82) is 0 Å². The van der Waals surface area contributed by atoms with Crippen LogP contribution in [-0.2, 0) is 20.2 Å². The van der Waals surface area contributed by atoms with E-state index in [0.29, 0.717) is 12.8 Å². The van der Waals surface area contributed by atoms with E-state index < -0.39 is 20.2 Å². The van der Waals surface area contributed by atoms with Gasteiger partial charge < -0.3 is 9.80 Å². The molecule has 1 rings (SSSR count). The largest absolute Gasteiger partial charge is 0.301 e. The van der Waals surface area contributed by atoms with Crippen LogP contribution < -0.4 is 0 Å². The summed E-state index contributed by atoms with van der Waals surface area (Å²) in [7, 11) is -7.65. The highest BCUT2D eigenvalue weighted by atomic mass is 32.2. The minimum absolute atomic E-state index is 0.154. The maximum atomic E-state index is 10.6. The SMILES string of the molecule is O=S(=O)(O)CCCCCN1CCN(CCCCCS(=O)(=O)O)CC1. The number of hydrogen-bond acceptors (Lipinski definition) is 6. The summed E-state index contributed by atoms with van der Waals surface area (Å²) < 4.78 is 59.7. The molecule has 0 aromatic heterocycles. The van der Waals surface area contributed by atoms with Gasteiger partial charge in [0, 0.05) is 26.2 Å². The Hall–Kier alpha value is -0.260. The summed E-state index contributed by atoms with van der Waals surface area (Å²) in [6.07, 6.45) is 4.47. The van der Waals surface area contributed by atoms with Gasteiger partial charge in [0.05, 0.1) is 11.5 Å². The molecule has 144 valence electrons. The summed E-state index contributed by atoms with van der Waals surface area (Å²) in [5.74, 6) is -0.309. The van der Waals surface area contributed by atoms with Crippen molar-refractivity contribution in [2.45, 2.75) is 38.5 Å². The second-order valence-corrected chi connectivity index (χ2v) is 9.52. The molecule has 10 heteroatoms. The summed E-state index contributed by atoms with van der Waals surface area (Å²) in [6, 6.07) is 0. The molecule has 24 heavy (non-hydrogen) atoms. The number of unbranched alkanes of at least 4 members (excludes halogenated alkanes) is 4. The molecule has 1 aliphatic rings. The topological polar surface area (TPSA) is 115 Å². The van der Waals surface area contributed by atoms with Gasteiger partial charge in [-0.15, -0.1) is 0 Å². The van der Waals surface area contributed by atoms with Crippen LogP contribution in [0.25, 0.3) is 0 Å². The number of hydrogen-bond donors (Lipinski definition) is 2. The lowest BCUT2D eigenvalue weighted by molar-refractivity contribution is 0.129. The average Bonchev–Trinajstić information content (AvgIpc) is 2.45. The predicted molar refractivity (Wildman–Crippen MR) is 93.4 cm³/mol. The molecule has 0 amide bonds. The van der Waals surface area contributed by atoms with Gasteiger partial charge in [-0.25, -0.2) is 0 Å². The molecular formula is C14H30N2O6S2. The summed E-state index contributed by atoms with van der Waals surface area (Å²) >= 11 is 0. The Balaban J connectivity index is 2.00. The van der Waals surface area contributed by atoms with Gasteiger partial charge >= 0.3 is 0 Å². The molecule has 0 aromatic rings. The summed E-state index contributed by atoms with van der Waals surface area (Å²) in [5, 5.41) is 0. The zero-order valence-corrected chi connectivity index (χ0v) is 15.8. The second kappa shape index (κ2) is 10.7. The van der Waals surface area contributed by atoms with Gasteiger partial charge in [0.2, 0.25) is 0 Å². The Morgan fingerprint density at radius 3 is 1.21 bits per heavy atom. The highest BCUT2D eigenvalue weighted by molar-refractivity contribution is 7.86. The third-order valence-corrected chi connectivity index (χ3v) is 5.83. The Bertz CT molecular complexity index is 492. The summed E-state index contributed by atoms with van der Waals surface area (Å²) in [6.45, 7) is 5.86. The van der Waals surface area contributed by atoms with E-state index in [-0.39, 0.29) is 11.5 Å². The van der Waals surface area contributed by atoms with Gasteiger partial charge in [-0.05, 0) is 38.8 Å². The number of nitrogens with zero attached hydrogens (tertiary/aromatic N) is 2. The van der Waals surface area contributed by atoms with Crippen molar-refractivity contribution in [3.63, 3.8) is 0 Å². The fourth-order valence-electron chi connectivity index (χ4n) is 2.83. The Labute approximate surface area is 145 Å². The van der Waals surface area contributed by atoms with Crippen LogP contribution in [-0.4, -0.2) is 86.5 Å². The van der Waals surface area contributed by atoms with Gasteiger partial charge in [-0.2, -0.15) is 16.8 Å². The van der Waals surface area contributed by atoms with E-state index in [1.165, 1.54) is 0 Å². The molecule has 0 radical (unpaired) electrons. The molecule has 0 atom stereocenters. The van der Waals surface area contributed by atoms with Crippen molar-refractivity contribution in [3.8, 4) is 0 Å². The van der Waals surface area contributed by atoms with Crippen molar-refractivity contribution in [1.82, 2.24) is 9.80 Å². The zero-order valence-electron chi connectivity index (χ0n) is 14.1. The molecular weight excluding hydrogens is 356 g/mol. The van der Waals surface area contributed by atoms with E-state index in [2.05, 4.69) is 9.80 Å². The minimum atomic E-state index is -3.83. The lowest BCUT2D eigenvalue weighted by Gasteiger charge is -2.34. The van der Waals surface area contributed by atoms with E-state index in [4.69, 9.17) is 9.11 Å². The second-order valence-electron chi connectivity index (χ2n) is 6.38. The molecule has 0 bridgehead atoms. The molecule has 2 N–H and O–H groups in total. The van der Waals surface area contributed by atoms with Gasteiger partial charge in [0.25, 0.3) is 20.2 Å². The molecule has 8 nitrogen and oxygen atoms in total. The molecule has 0 saturated carbocycles. The van der Waals surface area contributed by atoms with Gasteiger partial charge in [0.1, 0.15) is 0 Å². The summed E-state index contributed by atoms with van der Waals surface area (Å²) in [5.41, 5.74) is 0. The Kier molecular flexibility index (Phi) is 9.68. The van der Waals surface area contributed by atoms with Crippen LogP contribution in [0.5, 0.6) is 0 Å². The lowest BCUT2D eigenvalue weighted by Crippen LogP contribution is -2.46. The van der Waals surface area contributed by atoms with Crippen LogP contribution >= 0.6 is 0 Å². The maximum Gasteiger partial charge on any atom is 0.264 e. The molecule has 1 aliphatic heterocycles. The van der Waals surface area contributed by atoms with Gasteiger partial charge in [0.15, 0.2) is 0 Å². The smallest absolute Gasteiger partial charge is 0.264 e. The zero-order chi connectivity index (χ0) is 18.1. The fourth-order valence-corrected chi connectivity index (χ4v) is 3.97. The van der Waals surface area contributed by atoms with Crippen LogP contribution in [0.2, 0.25) is 0 Å². The van der Waals surface area contributed by atoms with Crippen LogP contribution in [0.1, 0.15) is 38.5 Å². The average molecular weight is 387 g/mol. The van der Waals surface area contributed by atoms with Crippen molar-refractivity contribution >= 4 is 20.2 Å². The Morgan fingerprint density at radius 2 is 0.917 bits per heavy atom.